The van der Waals surface area contributed by atoms with Crippen LogP contribution in [0.2, 0.25) is 0 Å². The Labute approximate surface area is 67.7 Å². The van der Waals surface area contributed by atoms with E-state index in [1.807, 2.05) is 12.3 Å². The van der Waals surface area contributed by atoms with Crippen molar-refractivity contribution in [1.29, 1.82) is 0 Å². The molecule has 0 spiro atoms. The fourth-order valence-corrected chi connectivity index (χ4v) is 1.19. The Kier molecular flexibility index (Phi) is 3.02. The number of nitrogens with zero attached hydrogens (tertiary/aromatic N) is 2. The highest BCUT2D eigenvalue weighted by Crippen LogP contribution is 2.17. The van der Waals surface area contributed by atoms with Gasteiger partial charge >= 0.3 is 0 Å². The van der Waals surface area contributed by atoms with E-state index in [-0.39, 0.29) is 0 Å². The van der Waals surface area contributed by atoms with Gasteiger partial charge in [-0.3, -0.25) is 0 Å². The van der Waals surface area contributed by atoms with E-state index in [4.69, 9.17) is 0 Å². The molecule has 0 N–H and O–H groups in total. The third kappa shape index (κ3) is 2.30. The van der Waals surface area contributed by atoms with Gasteiger partial charge in [0.15, 0.2) is 0 Å². The molecule has 0 aliphatic rings. The van der Waals surface area contributed by atoms with Gasteiger partial charge in [0.25, 0.3) is 0 Å². The van der Waals surface area contributed by atoms with Crippen LogP contribution in [0.5, 0.6) is 0 Å². The van der Waals surface area contributed by atoms with E-state index in [2.05, 4.69) is 24.0 Å². The molecule has 0 saturated carbocycles. The largest absolute Gasteiger partial charge is 0.159 e. The summed E-state index contributed by atoms with van der Waals surface area (Å²) in [5, 5.41) is 7.58. The standard InChI is InChI=1S/C9H14N2/c1-3-4-8(2)9-5-6-10-11-7-9/h5-8H,3-4H2,1-2H3. The number of hydrogen-bond donors (Lipinski definition) is 0. The van der Waals surface area contributed by atoms with Crippen LogP contribution in [0, 0.1) is 0 Å². The van der Waals surface area contributed by atoms with Gasteiger partial charge < -0.3 is 0 Å². The highest BCUT2D eigenvalue weighted by atomic mass is 15.1. The van der Waals surface area contributed by atoms with E-state index < -0.39 is 0 Å². The minimum atomic E-state index is 0.621. The molecule has 1 aromatic heterocycles. The van der Waals surface area contributed by atoms with Crippen LogP contribution in [-0.4, -0.2) is 10.2 Å². The maximum absolute atomic E-state index is 3.84. The second-order valence-corrected chi connectivity index (χ2v) is 2.87. The van der Waals surface area contributed by atoms with Crippen molar-refractivity contribution < 1.29 is 0 Å². The summed E-state index contributed by atoms with van der Waals surface area (Å²) >= 11 is 0. The Hall–Kier alpha value is -0.920. The van der Waals surface area contributed by atoms with Gasteiger partial charge in [-0.1, -0.05) is 20.3 Å². The maximum Gasteiger partial charge on any atom is 0.0530 e. The normalized spacial score (nSPS) is 12.9. The molecule has 1 unspecified atom stereocenters. The van der Waals surface area contributed by atoms with Crippen LogP contribution in [0.15, 0.2) is 18.5 Å². The number of aromatic nitrogens is 2. The smallest absolute Gasteiger partial charge is 0.0530 e. The fourth-order valence-electron chi connectivity index (χ4n) is 1.19. The summed E-state index contributed by atoms with van der Waals surface area (Å²) in [6.45, 7) is 4.42. The highest BCUT2D eigenvalue weighted by molar-refractivity contribution is 5.10. The zero-order valence-electron chi connectivity index (χ0n) is 7.12. The van der Waals surface area contributed by atoms with Crippen LogP contribution in [0.25, 0.3) is 0 Å². The summed E-state index contributed by atoms with van der Waals surface area (Å²) in [4.78, 5) is 0. The predicted octanol–water partition coefficient (Wildman–Crippen LogP) is 2.38. The Morgan fingerprint density at radius 3 is 2.82 bits per heavy atom. The van der Waals surface area contributed by atoms with Crippen molar-refractivity contribution >= 4 is 0 Å². The fraction of sp³-hybridized carbons (Fsp3) is 0.556. The second-order valence-electron chi connectivity index (χ2n) is 2.87. The number of rotatable bonds is 3. The molecule has 0 aromatic carbocycles. The summed E-state index contributed by atoms with van der Waals surface area (Å²) in [5.41, 5.74) is 1.29. The average Bonchev–Trinajstić information content (AvgIpc) is 2.07. The van der Waals surface area contributed by atoms with Gasteiger partial charge in [0.1, 0.15) is 0 Å². The van der Waals surface area contributed by atoms with Crippen LogP contribution >= 0.6 is 0 Å². The van der Waals surface area contributed by atoms with Crippen molar-refractivity contribution in [2.24, 2.45) is 0 Å². The van der Waals surface area contributed by atoms with Gasteiger partial charge in [-0.05, 0) is 24.0 Å². The van der Waals surface area contributed by atoms with Crippen molar-refractivity contribution in [2.75, 3.05) is 0 Å². The molecule has 0 amide bonds. The monoisotopic (exact) mass is 150 g/mol. The molecule has 1 heterocycles. The van der Waals surface area contributed by atoms with Gasteiger partial charge in [-0.2, -0.15) is 10.2 Å². The topological polar surface area (TPSA) is 25.8 Å². The van der Waals surface area contributed by atoms with Gasteiger partial charge in [-0.25, -0.2) is 0 Å². The van der Waals surface area contributed by atoms with Crippen LogP contribution in [0.3, 0.4) is 0 Å². The molecule has 1 aromatic rings. The summed E-state index contributed by atoms with van der Waals surface area (Å²) < 4.78 is 0. The van der Waals surface area contributed by atoms with Crippen molar-refractivity contribution in [3.05, 3.63) is 24.0 Å². The van der Waals surface area contributed by atoms with E-state index >= 15 is 0 Å². The lowest BCUT2D eigenvalue weighted by molar-refractivity contribution is 0.659. The molecule has 2 nitrogen and oxygen atoms in total. The molecule has 0 aliphatic heterocycles. The number of hydrogen-bond acceptors (Lipinski definition) is 2. The van der Waals surface area contributed by atoms with E-state index in [1.54, 1.807) is 6.20 Å². The maximum atomic E-state index is 3.84. The van der Waals surface area contributed by atoms with Gasteiger partial charge in [0.2, 0.25) is 0 Å². The molecule has 2 heteroatoms. The van der Waals surface area contributed by atoms with Crippen LogP contribution < -0.4 is 0 Å². The Morgan fingerprint density at radius 1 is 1.45 bits per heavy atom. The van der Waals surface area contributed by atoms with E-state index in [9.17, 15) is 0 Å². The summed E-state index contributed by atoms with van der Waals surface area (Å²) in [6.07, 6.45) is 6.05. The quantitative estimate of drug-likeness (QED) is 0.661. The summed E-state index contributed by atoms with van der Waals surface area (Å²) in [6, 6.07) is 2.04. The minimum Gasteiger partial charge on any atom is -0.159 e. The van der Waals surface area contributed by atoms with Crippen molar-refractivity contribution in [2.45, 2.75) is 32.6 Å². The Morgan fingerprint density at radius 2 is 2.27 bits per heavy atom. The molecule has 0 radical (unpaired) electrons. The molecule has 11 heavy (non-hydrogen) atoms. The first kappa shape index (κ1) is 8.18. The van der Waals surface area contributed by atoms with Crippen molar-refractivity contribution in [1.82, 2.24) is 10.2 Å². The Bertz CT molecular complexity index is 196. The molecule has 0 fully saturated rings. The first-order chi connectivity index (χ1) is 5.34. The average molecular weight is 150 g/mol. The molecule has 1 rings (SSSR count). The first-order valence-electron chi connectivity index (χ1n) is 4.11. The minimum absolute atomic E-state index is 0.621. The highest BCUT2D eigenvalue weighted by Gasteiger charge is 2.02. The Balaban J connectivity index is 2.61. The van der Waals surface area contributed by atoms with Gasteiger partial charge in [-0.15, -0.1) is 0 Å². The lowest BCUT2D eigenvalue weighted by atomic mass is 9.99. The van der Waals surface area contributed by atoms with Crippen LogP contribution in [-0.2, 0) is 0 Å². The van der Waals surface area contributed by atoms with E-state index in [0.29, 0.717) is 5.92 Å². The molecule has 0 aliphatic carbocycles. The third-order valence-corrected chi connectivity index (χ3v) is 1.90. The summed E-state index contributed by atoms with van der Waals surface area (Å²) in [7, 11) is 0. The molecule has 0 saturated heterocycles. The van der Waals surface area contributed by atoms with E-state index in [0.717, 1.165) is 0 Å². The van der Waals surface area contributed by atoms with Crippen LogP contribution in [0.1, 0.15) is 38.2 Å². The predicted molar refractivity (Wildman–Crippen MR) is 45.4 cm³/mol. The zero-order valence-corrected chi connectivity index (χ0v) is 7.12. The lowest BCUT2D eigenvalue weighted by Gasteiger charge is -2.07. The molecular formula is C9H14N2. The third-order valence-electron chi connectivity index (χ3n) is 1.90. The lowest BCUT2D eigenvalue weighted by Crippen LogP contribution is -1.93. The molecule has 60 valence electrons. The van der Waals surface area contributed by atoms with E-state index in [1.165, 1.54) is 18.4 Å². The molecular weight excluding hydrogens is 136 g/mol. The van der Waals surface area contributed by atoms with Gasteiger partial charge in [0, 0.05) is 6.20 Å². The summed E-state index contributed by atoms with van der Waals surface area (Å²) in [5.74, 6) is 0.621. The SMILES string of the molecule is CCCC(C)c1ccnnc1. The van der Waals surface area contributed by atoms with Gasteiger partial charge in [0.05, 0.1) is 6.20 Å². The van der Waals surface area contributed by atoms with Crippen molar-refractivity contribution in [3.63, 3.8) is 0 Å². The zero-order chi connectivity index (χ0) is 8.10. The second kappa shape index (κ2) is 4.06. The molecule has 0 bridgehead atoms. The first-order valence-corrected chi connectivity index (χ1v) is 4.11. The molecule has 1 atom stereocenters. The van der Waals surface area contributed by atoms with Crippen LogP contribution in [0.4, 0.5) is 0 Å². The van der Waals surface area contributed by atoms with Crippen molar-refractivity contribution in [3.8, 4) is 0 Å².